The number of allylic oxidation sites excluding steroid dienone is 1. The Hall–Kier alpha value is -0.580. The minimum Gasteiger partial charge on any atom is -0.386 e. The van der Waals surface area contributed by atoms with Gasteiger partial charge in [-0.1, -0.05) is 42.5 Å². The van der Waals surface area contributed by atoms with E-state index in [2.05, 4.69) is 0 Å². The molecule has 3 atom stereocenters. The van der Waals surface area contributed by atoms with Gasteiger partial charge in [0.1, 0.15) is 10.2 Å². The van der Waals surface area contributed by atoms with Crippen LogP contribution in [-0.4, -0.2) is 24.9 Å². The standard InChI is InChI=1S/C14H18O2S2/c1-2-9-14(17-10-6-11-18(14)16)13(15)12-7-4-3-5-8-12/h2-5,7-9,13,15H,6,10-11H2,1H3/b9-2+/t13-,14-,18?/m0/s1. The zero-order valence-electron chi connectivity index (χ0n) is 10.4. The fourth-order valence-corrected chi connectivity index (χ4v) is 5.91. The monoisotopic (exact) mass is 282 g/mol. The summed E-state index contributed by atoms with van der Waals surface area (Å²) in [7, 11) is -1.04. The van der Waals surface area contributed by atoms with Gasteiger partial charge in [-0.2, -0.15) is 0 Å². The molecule has 1 fully saturated rings. The molecule has 0 bridgehead atoms. The molecule has 98 valence electrons. The van der Waals surface area contributed by atoms with E-state index in [0.29, 0.717) is 5.75 Å². The van der Waals surface area contributed by atoms with Gasteiger partial charge < -0.3 is 5.11 Å². The Bertz CT molecular complexity index is 444. The van der Waals surface area contributed by atoms with Gasteiger partial charge in [-0.05, 0) is 24.7 Å². The van der Waals surface area contributed by atoms with Crippen LogP contribution in [0, 0.1) is 0 Å². The first kappa shape index (κ1) is 13.8. The van der Waals surface area contributed by atoms with Gasteiger partial charge in [-0.15, -0.1) is 11.8 Å². The van der Waals surface area contributed by atoms with Gasteiger partial charge in [-0.25, -0.2) is 0 Å². The molecule has 1 aliphatic rings. The third kappa shape index (κ3) is 2.56. The van der Waals surface area contributed by atoms with Gasteiger partial charge in [0, 0.05) is 16.6 Å². The summed E-state index contributed by atoms with van der Waals surface area (Å²) >= 11 is 1.61. The molecular formula is C14H18O2S2. The summed E-state index contributed by atoms with van der Waals surface area (Å²) in [6.45, 7) is 1.91. The SMILES string of the molecule is C/C=C/[C@]1([C@@H](O)c2ccccc2)SCCCS1=O. The van der Waals surface area contributed by atoms with Crippen molar-refractivity contribution < 1.29 is 9.32 Å². The number of aliphatic hydroxyl groups excluding tert-OH is 1. The molecule has 1 aromatic carbocycles. The highest BCUT2D eigenvalue weighted by Gasteiger charge is 2.44. The molecule has 2 rings (SSSR count). The zero-order valence-corrected chi connectivity index (χ0v) is 12.0. The highest BCUT2D eigenvalue weighted by atomic mass is 32.2. The maximum Gasteiger partial charge on any atom is 0.139 e. The lowest BCUT2D eigenvalue weighted by Gasteiger charge is -2.37. The molecule has 0 saturated carbocycles. The normalized spacial score (nSPS) is 30.4. The van der Waals surface area contributed by atoms with E-state index in [1.54, 1.807) is 11.8 Å². The molecule has 1 unspecified atom stereocenters. The van der Waals surface area contributed by atoms with Crippen LogP contribution in [0.15, 0.2) is 42.5 Å². The maximum absolute atomic E-state index is 12.4. The van der Waals surface area contributed by atoms with Crippen LogP contribution in [0.25, 0.3) is 0 Å². The van der Waals surface area contributed by atoms with Crippen molar-refractivity contribution in [1.29, 1.82) is 0 Å². The molecule has 4 heteroatoms. The molecule has 2 nitrogen and oxygen atoms in total. The zero-order chi connectivity index (χ0) is 13.0. The van der Waals surface area contributed by atoms with E-state index >= 15 is 0 Å². The predicted octanol–water partition coefficient (Wildman–Crippen LogP) is 2.88. The topological polar surface area (TPSA) is 37.3 Å². The summed E-state index contributed by atoms with van der Waals surface area (Å²) in [6, 6.07) is 9.50. The number of hydrogen-bond donors (Lipinski definition) is 1. The van der Waals surface area contributed by atoms with Crippen LogP contribution in [0.4, 0.5) is 0 Å². The van der Waals surface area contributed by atoms with Crippen LogP contribution in [0.1, 0.15) is 25.0 Å². The maximum atomic E-state index is 12.4. The number of aliphatic hydroxyl groups is 1. The number of benzene rings is 1. The fourth-order valence-electron chi connectivity index (χ4n) is 2.17. The van der Waals surface area contributed by atoms with E-state index in [-0.39, 0.29) is 0 Å². The summed E-state index contributed by atoms with van der Waals surface area (Å²) in [4.78, 5) is 0. The summed E-state index contributed by atoms with van der Waals surface area (Å²) in [5.41, 5.74) is 0.832. The summed E-state index contributed by atoms with van der Waals surface area (Å²) in [5, 5.41) is 10.6. The molecule has 1 aromatic rings. The van der Waals surface area contributed by atoms with E-state index in [4.69, 9.17) is 0 Å². The molecule has 0 aliphatic carbocycles. The van der Waals surface area contributed by atoms with Crippen molar-refractivity contribution in [2.24, 2.45) is 0 Å². The molecule has 1 heterocycles. The van der Waals surface area contributed by atoms with Crippen molar-refractivity contribution >= 4 is 22.6 Å². The Balaban J connectivity index is 2.38. The lowest BCUT2D eigenvalue weighted by Crippen LogP contribution is -2.40. The second-order valence-electron chi connectivity index (χ2n) is 4.29. The van der Waals surface area contributed by atoms with Gasteiger partial charge >= 0.3 is 0 Å². The van der Waals surface area contributed by atoms with Crippen LogP contribution in [0.2, 0.25) is 0 Å². The van der Waals surface area contributed by atoms with Gasteiger partial charge in [0.05, 0.1) is 0 Å². The van der Waals surface area contributed by atoms with E-state index in [1.165, 1.54) is 0 Å². The molecule has 0 spiro atoms. The molecule has 0 radical (unpaired) electrons. The molecule has 1 aliphatic heterocycles. The van der Waals surface area contributed by atoms with Gasteiger partial charge in [0.15, 0.2) is 0 Å². The largest absolute Gasteiger partial charge is 0.386 e. The van der Waals surface area contributed by atoms with Crippen molar-refractivity contribution in [3.8, 4) is 0 Å². The summed E-state index contributed by atoms with van der Waals surface area (Å²) < 4.78 is 11.7. The Morgan fingerprint density at radius 3 is 2.78 bits per heavy atom. The number of rotatable bonds is 3. The van der Waals surface area contributed by atoms with Crippen molar-refractivity contribution in [3.63, 3.8) is 0 Å². The van der Waals surface area contributed by atoms with E-state index in [1.807, 2.05) is 49.4 Å². The van der Waals surface area contributed by atoms with Gasteiger partial charge in [0.2, 0.25) is 0 Å². The summed E-state index contributed by atoms with van der Waals surface area (Å²) in [6.07, 6.45) is 4.03. The van der Waals surface area contributed by atoms with Crippen molar-refractivity contribution in [2.75, 3.05) is 11.5 Å². The molecule has 0 aromatic heterocycles. The van der Waals surface area contributed by atoms with E-state index in [9.17, 15) is 9.32 Å². The molecule has 1 saturated heterocycles. The smallest absolute Gasteiger partial charge is 0.139 e. The highest BCUT2D eigenvalue weighted by molar-refractivity contribution is 8.13. The van der Waals surface area contributed by atoms with Crippen LogP contribution in [-0.2, 0) is 10.8 Å². The second-order valence-corrected chi connectivity index (χ2v) is 7.69. The van der Waals surface area contributed by atoms with Crippen molar-refractivity contribution in [1.82, 2.24) is 0 Å². The summed E-state index contributed by atoms with van der Waals surface area (Å²) in [5.74, 6) is 1.61. The van der Waals surface area contributed by atoms with Crippen LogP contribution >= 0.6 is 11.8 Å². The number of thioether (sulfide) groups is 1. The minimum atomic E-state index is -1.04. The molecular weight excluding hydrogens is 264 g/mol. The van der Waals surface area contributed by atoms with E-state index in [0.717, 1.165) is 17.7 Å². The highest BCUT2D eigenvalue weighted by Crippen LogP contribution is 2.45. The average molecular weight is 282 g/mol. The van der Waals surface area contributed by atoms with Crippen LogP contribution in [0.5, 0.6) is 0 Å². The van der Waals surface area contributed by atoms with Crippen molar-refractivity contribution in [2.45, 2.75) is 23.5 Å². The first-order valence-electron chi connectivity index (χ1n) is 6.10. The molecule has 0 amide bonds. The van der Waals surface area contributed by atoms with Crippen molar-refractivity contribution in [3.05, 3.63) is 48.0 Å². The van der Waals surface area contributed by atoms with E-state index < -0.39 is 21.0 Å². The molecule has 1 N–H and O–H groups in total. The first-order valence-corrected chi connectivity index (χ1v) is 8.40. The first-order chi connectivity index (χ1) is 8.70. The van der Waals surface area contributed by atoms with Crippen LogP contribution < -0.4 is 0 Å². The third-order valence-corrected chi connectivity index (χ3v) is 7.00. The Labute approximate surface area is 115 Å². The third-order valence-electron chi connectivity index (χ3n) is 3.05. The Morgan fingerprint density at radius 1 is 1.44 bits per heavy atom. The number of hydrogen-bond acceptors (Lipinski definition) is 3. The Kier molecular flexibility index (Phi) is 4.65. The lowest BCUT2D eigenvalue weighted by molar-refractivity contribution is 0.175. The Morgan fingerprint density at radius 2 is 2.17 bits per heavy atom. The predicted molar refractivity (Wildman–Crippen MR) is 79.0 cm³/mol. The molecule has 18 heavy (non-hydrogen) atoms. The van der Waals surface area contributed by atoms with Crippen LogP contribution in [0.3, 0.4) is 0 Å². The average Bonchev–Trinajstić information content (AvgIpc) is 2.42. The van der Waals surface area contributed by atoms with Gasteiger partial charge in [-0.3, -0.25) is 4.21 Å². The lowest BCUT2D eigenvalue weighted by atomic mass is 10.1. The second kappa shape index (κ2) is 6.04. The van der Waals surface area contributed by atoms with Gasteiger partial charge in [0.25, 0.3) is 0 Å². The quantitative estimate of drug-likeness (QED) is 0.866. The minimum absolute atomic E-state index is 0.668. The fraction of sp³-hybridized carbons (Fsp3) is 0.429.